The number of amides is 2. The molecule has 0 fully saturated rings. The van der Waals surface area contributed by atoms with E-state index < -0.39 is 0 Å². The third-order valence-electron chi connectivity index (χ3n) is 4.43. The Morgan fingerprint density at radius 1 is 1.07 bits per heavy atom. The van der Waals surface area contributed by atoms with Gasteiger partial charge in [0.25, 0.3) is 5.91 Å². The summed E-state index contributed by atoms with van der Waals surface area (Å²) in [5, 5.41) is 2.79. The lowest BCUT2D eigenvalue weighted by Crippen LogP contribution is -2.34. The highest BCUT2D eigenvalue weighted by atomic mass is 16.5. The zero-order valence-corrected chi connectivity index (χ0v) is 17.8. The first-order valence-corrected chi connectivity index (χ1v) is 9.73. The number of benzene rings is 2. The maximum atomic E-state index is 12.7. The maximum absolute atomic E-state index is 12.7. The SMILES string of the molecule is COc1cc(C(=O)N(C)CC(=O)Nc2ccc(C)cc2)ccc1OCCC(C)C. The summed E-state index contributed by atoms with van der Waals surface area (Å²) in [6.45, 7) is 6.77. The molecule has 29 heavy (non-hydrogen) atoms. The molecule has 2 aromatic rings. The van der Waals surface area contributed by atoms with E-state index >= 15 is 0 Å². The third-order valence-corrected chi connectivity index (χ3v) is 4.43. The van der Waals surface area contributed by atoms with E-state index in [0.29, 0.717) is 35.3 Å². The molecule has 0 saturated heterocycles. The topological polar surface area (TPSA) is 67.9 Å². The molecule has 0 heterocycles. The number of carbonyl (C=O) groups is 2. The molecular formula is C23H30N2O4. The van der Waals surface area contributed by atoms with Crippen molar-refractivity contribution in [1.29, 1.82) is 0 Å². The van der Waals surface area contributed by atoms with Crippen LogP contribution in [0.15, 0.2) is 42.5 Å². The van der Waals surface area contributed by atoms with Crippen molar-refractivity contribution >= 4 is 17.5 Å². The summed E-state index contributed by atoms with van der Waals surface area (Å²) in [5.41, 5.74) is 2.25. The first kappa shape index (κ1) is 22.3. The van der Waals surface area contributed by atoms with Crippen molar-refractivity contribution in [3.63, 3.8) is 0 Å². The van der Waals surface area contributed by atoms with Gasteiger partial charge in [0.1, 0.15) is 0 Å². The Labute approximate surface area is 172 Å². The van der Waals surface area contributed by atoms with Crippen molar-refractivity contribution in [3.05, 3.63) is 53.6 Å². The zero-order valence-electron chi connectivity index (χ0n) is 17.8. The Morgan fingerprint density at radius 2 is 1.76 bits per heavy atom. The summed E-state index contributed by atoms with van der Waals surface area (Å²) in [6, 6.07) is 12.6. The smallest absolute Gasteiger partial charge is 0.254 e. The molecule has 0 atom stereocenters. The number of anilines is 1. The van der Waals surface area contributed by atoms with Crippen LogP contribution in [0.4, 0.5) is 5.69 Å². The van der Waals surface area contributed by atoms with E-state index in [1.165, 1.54) is 12.0 Å². The Morgan fingerprint density at radius 3 is 2.38 bits per heavy atom. The number of carbonyl (C=O) groups excluding carboxylic acids is 2. The van der Waals surface area contributed by atoms with Gasteiger partial charge in [-0.2, -0.15) is 0 Å². The fraction of sp³-hybridized carbons (Fsp3) is 0.391. The fourth-order valence-electron chi connectivity index (χ4n) is 2.67. The Hall–Kier alpha value is -3.02. The van der Waals surface area contributed by atoms with Gasteiger partial charge in [-0.15, -0.1) is 0 Å². The van der Waals surface area contributed by atoms with Crippen LogP contribution < -0.4 is 14.8 Å². The van der Waals surface area contributed by atoms with Crippen LogP contribution in [0.1, 0.15) is 36.2 Å². The first-order valence-electron chi connectivity index (χ1n) is 9.73. The number of nitrogens with zero attached hydrogens (tertiary/aromatic N) is 1. The zero-order chi connectivity index (χ0) is 21.4. The van der Waals surface area contributed by atoms with Crippen LogP contribution in [0.2, 0.25) is 0 Å². The van der Waals surface area contributed by atoms with Gasteiger partial charge in [-0.25, -0.2) is 0 Å². The highest BCUT2D eigenvalue weighted by Crippen LogP contribution is 2.29. The van der Waals surface area contributed by atoms with Gasteiger partial charge in [0, 0.05) is 18.3 Å². The molecule has 0 saturated carbocycles. The van der Waals surface area contributed by atoms with Gasteiger partial charge in [0.15, 0.2) is 11.5 Å². The second-order valence-electron chi connectivity index (χ2n) is 7.47. The van der Waals surface area contributed by atoms with E-state index in [-0.39, 0.29) is 18.4 Å². The van der Waals surface area contributed by atoms with E-state index in [4.69, 9.17) is 9.47 Å². The molecule has 0 aliphatic carbocycles. The fourth-order valence-corrected chi connectivity index (χ4v) is 2.67. The molecule has 6 heteroatoms. The molecule has 0 radical (unpaired) electrons. The number of hydrogen-bond donors (Lipinski definition) is 1. The summed E-state index contributed by atoms with van der Waals surface area (Å²) in [4.78, 5) is 26.3. The van der Waals surface area contributed by atoms with Crippen LogP contribution >= 0.6 is 0 Å². The summed E-state index contributed by atoms with van der Waals surface area (Å²) in [5.74, 6) is 1.12. The lowest BCUT2D eigenvalue weighted by molar-refractivity contribution is -0.116. The van der Waals surface area contributed by atoms with Gasteiger partial charge < -0.3 is 19.7 Å². The largest absolute Gasteiger partial charge is 0.493 e. The molecule has 2 rings (SSSR count). The second-order valence-corrected chi connectivity index (χ2v) is 7.47. The number of nitrogens with one attached hydrogen (secondary N) is 1. The second kappa shape index (κ2) is 10.5. The molecule has 2 amide bonds. The minimum absolute atomic E-state index is 0.0539. The van der Waals surface area contributed by atoms with Gasteiger partial charge in [0.2, 0.25) is 5.91 Å². The average Bonchev–Trinajstić information content (AvgIpc) is 2.69. The van der Waals surface area contributed by atoms with Crippen molar-refractivity contribution in [2.75, 3.05) is 32.6 Å². The summed E-state index contributed by atoms with van der Waals surface area (Å²) in [7, 11) is 3.13. The van der Waals surface area contributed by atoms with Crippen LogP contribution in [0, 0.1) is 12.8 Å². The average molecular weight is 399 g/mol. The normalized spacial score (nSPS) is 10.6. The maximum Gasteiger partial charge on any atom is 0.254 e. The number of ether oxygens (including phenoxy) is 2. The van der Waals surface area contributed by atoms with Crippen molar-refractivity contribution in [2.45, 2.75) is 27.2 Å². The van der Waals surface area contributed by atoms with Gasteiger partial charge >= 0.3 is 0 Å². The minimum Gasteiger partial charge on any atom is -0.493 e. The molecule has 156 valence electrons. The predicted molar refractivity (Wildman–Crippen MR) is 115 cm³/mol. The van der Waals surface area contributed by atoms with E-state index in [0.717, 1.165) is 12.0 Å². The van der Waals surface area contributed by atoms with Crippen molar-refractivity contribution in [2.24, 2.45) is 5.92 Å². The van der Waals surface area contributed by atoms with Gasteiger partial charge in [0.05, 0.1) is 20.3 Å². The molecule has 6 nitrogen and oxygen atoms in total. The molecule has 0 aliphatic rings. The molecular weight excluding hydrogens is 368 g/mol. The predicted octanol–water partition coefficient (Wildman–Crippen LogP) is 4.14. The van der Waals surface area contributed by atoms with E-state index in [1.807, 2.05) is 31.2 Å². The molecule has 0 unspecified atom stereocenters. The van der Waals surface area contributed by atoms with Crippen LogP contribution in [0.3, 0.4) is 0 Å². The van der Waals surface area contributed by atoms with Crippen molar-refractivity contribution < 1.29 is 19.1 Å². The van der Waals surface area contributed by atoms with Crippen LogP contribution in [-0.4, -0.2) is 44.0 Å². The number of hydrogen-bond acceptors (Lipinski definition) is 4. The third kappa shape index (κ3) is 6.82. The first-order chi connectivity index (χ1) is 13.8. The van der Waals surface area contributed by atoms with Crippen molar-refractivity contribution in [1.82, 2.24) is 4.90 Å². The Bertz CT molecular complexity index is 831. The summed E-state index contributed by atoms with van der Waals surface area (Å²) < 4.78 is 11.1. The van der Waals surface area contributed by atoms with Crippen molar-refractivity contribution in [3.8, 4) is 11.5 Å². The van der Waals surface area contributed by atoms with Gasteiger partial charge in [-0.3, -0.25) is 9.59 Å². The number of likely N-dealkylation sites (N-methyl/N-ethyl adjacent to an activating group) is 1. The molecule has 2 aromatic carbocycles. The minimum atomic E-state index is -0.268. The Kier molecular flexibility index (Phi) is 8.07. The standard InChI is InChI=1S/C23H30N2O4/c1-16(2)12-13-29-20-11-8-18(14-21(20)28-5)23(27)25(4)15-22(26)24-19-9-6-17(3)7-10-19/h6-11,14,16H,12-13,15H2,1-5H3,(H,24,26). The van der Waals surface area contributed by atoms with Gasteiger partial charge in [-0.1, -0.05) is 31.5 Å². The lowest BCUT2D eigenvalue weighted by Gasteiger charge is -2.18. The van der Waals surface area contributed by atoms with Crippen LogP contribution in [0.5, 0.6) is 11.5 Å². The van der Waals surface area contributed by atoms with E-state index in [2.05, 4.69) is 19.2 Å². The molecule has 0 aliphatic heterocycles. The van der Waals surface area contributed by atoms with Crippen LogP contribution in [0.25, 0.3) is 0 Å². The van der Waals surface area contributed by atoms with Crippen LogP contribution in [-0.2, 0) is 4.79 Å². The van der Waals surface area contributed by atoms with E-state index in [9.17, 15) is 9.59 Å². The number of aryl methyl sites for hydroxylation is 1. The highest BCUT2D eigenvalue weighted by Gasteiger charge is 2.17. The number of rotatable bonds is 9. The summed E-state index contributed by atoms with van der Waals surface area (Å²) in [6.07, 6.45) is 0.933. The quantitative estimate of drug-likeness (QED) is 0.689. The molecule has 0 bridgehead atoms. The monoisotopic (exact) mass is 398 g/mol. The molecule has 0 aromatic heterocycles. The summed E-state index contributed by atoms with van der Waals surface area (Å²) >= 11 is 0. The lowest BCUT2D eigenvalue weighted by atomic mass is 10.1. The van der Waals surface area contributed by atoms with Gasteiger partial charge in [-0.05, 0) is 49.6 Å². The Balaban J connectivity index is 1.98. The van der Waals surface area contributed by atoms with E-state index in [1.54, 1.807) is 25.2 Å². The number of methoxy groups -OCH3 is 1. The molecule has 1 N–H and O–H groups in total. The molecule has 0 spiro atoms. The highest BCUT2D eigenvalue weighted by molar-refractivity contribution is 5.99.